The molecule has 1 aromatic rings. The summed E-state index contributed by atoms with van der Waals surface area (Å²) in [6.07, 6.45) is -2.29. The fourth-order valence-corrected chi connectivity index (χ4v) is 1.91. The van der Waals surface area contributed by atoms with Gasteiger partial charge >= 0.3 is 0 Å². The van der Waals surface area contributed by atoms with E-state index in [1.54, 1.807) is 35.2 Å². The molecule has 6 nitrogen and oxygen atoms in total. The van der Waals surface area contributed by atoms with E-state index < -0.39 is 37.3 Å². The van der Waals surface area contributed by atoms with Crippen molar-refractivity contribution in [2.75, 3.05) is 6.61 Å². The number of aromatic nitrogens is 1. The Morgan fingerprint density at radius 3 is 2.18 bits per heavy atom. The van der Waals surface area contributed by atoms with Gasteiger partial charge in [0.05, 0.1) is 6.61 Å². The fraction of sp³-hybridized carbons (Fsp3) is 0.545. The first-order chi connectivity index (χ1) is 8.15. The van der Waals surface area contributed by atoms with Crippen LogP contribution < -0.4 is 4.57 Å². The molecule has 0 aliphatic carbocycles. The van der Waals surface area contributed by atoms with Gasteiger partial charge < -0.3 is 25.2 Å². The van der Waals surface area contributed by atoms with Gasteiger partial charge in [0.15, 0.2) is 18.5 Å². The Morgan fingerprint density at radius 1 is 0.941 bits per heavy atom. The molecule has 1 aromatic heterocycles. The van der Waals surface area contributed by atoms with Gasteiger partial charge in [-0.05, 0) is 0 Å². The number of aliphatic hydroxyl groups excluding tert-OH is 4. The maximum atomic E-state index is 9.84. The van der Waals surface area contributed by atoms with Gasteiger partial charge in [-0.2, -0.15) is 4.57 Å². The molecular formula is C11H16NO5+. The Labute approximate surface area is 98.3 Å². The molecule has 17 heavy (non-hydrogen) atoms. The molecule has 0 radical (unpaired) electrons. The predicted octanol–water partition coefficient (Wildman–Crippen LogP) is -2.05. The maximum Gasteiger partial charge on any atom is 0.292 e. The highest BCUT2D eigenvalue weighted by Crippen LogP contribution is 2.24. The first-order valence-corrected chi connectivity index (χ1v) is 5.41. The second-order valence-electron chi connectivity index (χ2n) is 4.04. The highest BCUT2D eigenvalue weighted by atomic mass is 16.6. The van der Waals surface area contributed by atoms with Gasteiger partial charge in [0.1, 0.15) is 18.3 Å². The summed E-state index contributed by atoms with van der Waals surface area (Å²) in [5.74, 6) is 0. The van der Waals surface area contributed by atoms with Gasteiger partial charge in [-0.15, -0.1) is 0 Å². The molecule has 0 saturated carbocycles. The van der Waals surface area contributed by atoms with Crippen LogP contribution in [0.2, 0.25) is 0 Å². The molecule has 1 aliphatic rings. The highest BCUT2D eigenvalue weighted by Gasteiger charge is 2.47. The van der Waals surface area contributed by atoms with Crippen LogP contribution in [0.3, 0.4) is 0 Å². The molecule has 5 atom stereocenters. The number of aliphatic hydroxyl groups is 4. The molecule has 2 rings (SSSR count). The SMILES string of the molecule is OC[C@H]1O[C@@H]([n+]2ccccc2)[C@H](O)[C@@H](O)[C@@H]1O. The van der Waals surface area contributed by atoms with Crippen molar-refractivity contribution in [2.24, 2.45) is 0 Å². The first-order valence-electron chi connectivity index (χ1n) is 5.41. The normalized spacial score (nSPS) is 38.0. The van der Waals surface area contributed by atoms with E-state index in [9.17, 15) is 15.3 Å². The van der Waals surface area contributed by atoms with Crippen LogP contribution in [0.5, 0.6) is 0 Å². The summed E-state index contributed by atoms with van der Waals surface area (Å²) in [5, 5.41) is 38.1. The lowest BCUT2D eigenvalue weighted by Crippen LogP contribution is -2.62. The number of hydrogen-bond donors (Lipinski definition) is 4. The Bertz CT molecular complexity index is 358. The smallest absolute Gasteiger partial charge is 0.292 e. The van der Waals surface area contributed by atoms with E-state index in [1.165, 1.54) is 0 Å². The Morgan fingerprint density at radius 2 is 1.59 bits per heavy atom. The van der Waals surface area contributed by atoms with Crippen molar-refractivity contribution in [3.63, 3.8) is 0 Å². The third-order valence-electron chi connectivity index (χ3n) is 2.90. The van der Waals surface area contributed by atoms with E-state index in [4.69, 9.17) is 9.84 Å². The summed E-state index contributed by atoms with van der Waals surface area (Å²) >= 11 is 0. The lowest BCUT2D eigenvalue weighted by molar-refractivity contribution is -0.778. The van der Waals surface area contributed by atoms with Crippen molar-refractivity contribution in [3.05, 3.63) is 30.6 Å². The van der Waals surface area contributed by atoms with Crippen LogP contribution in [0.1, 0.15) is 6.23 Å². The average molecular weight is 242 g/mol. The lowest BCUT2D eigenvalue weighted by atomic mass is 9.98. The summed E-state index contributed by atoms with van der Waals surface area (Å²) < 4.78 is 6.94. The summed E-state index contributed by atoms with van der Waals surface area (Å²) in [4.78, 5) is 0. The second kappa shape index (κ2) is 5.07. The van der Waals surface area contributed by atoms with Crippen molar-refractivity contribution in [1.29, 1.82) is 0 Å². The molecule has 0 amide bonds. The van der Waals surface area contributed by atoms with Crippen molar-refractivity contribution in [2.45, 2.75) is 30.6 Å². The van der Waals surface area contributed by atoms with E-state index in [0.717, 1.165) is 0 Å². The predicted molar refractivity (Wildman–Crippen MR) is 55.7 cm³/mol. The van der Waals surface area contributed by atoms with Crippen molar-refractivity contribution >= 4 is 0 Å². The molecule has 1 fully saturated rings. The molecule has 1 saturated heterocycles. The monoisotopic (exact) mass is 242 g/mol. The van der Waals surface area contributed by atoms with E-state index in [0.29, 0.717) is 0 Å². The number of ether oxygens (including phenoxy) is 1. The van der Waals surface area contributed by atoms with Crippen LogP contribution in [0, 0.1) is 0 Å². The summed E-state index contributed by atoms with van der Waals surface area (Å²) in [7, 11) is 0. The van der Waals surface area contributed by atoms with Crippen LogP contribution in [0.4, 0.5) is 0 Å². The zero-order chi connectivity index (χ0) is 12.4. The topological polar surface area (TPSA) is 94.0 Å². The summed E-state index contributed by atoms with van der Waals surface area (Å²) in [5.41, 5.74) is 0. The summed E-state index contributed by atoms with van der Waals surface area (Å²) in [6.45, 7) is -0.422. The Hall–Kier alpha value is -1.05. The van der Waals surface area contributed by atoms with Crippen molar-refractivity contribution in [3.8, 4) is 0 Å². The molecule has 0 bridgehead atoms. The minimum absolute atomic E-state index is 0.422. The maximum absolute atomic E-state index is 9.84. The van der Waals surface area contributed by atoms with Crippen LogP contribution in [-0.2, 0) is 4.74 Å². The van der Waals surface area contributed by atoms with Crippen molar-refractivity contribution in [1.82, 2.24) is 0 Å². The largest absolute Gasteiger partial charge is 0.394 e. The van der Waals surface area contributed by atoms with Crippen molar-refractivity contribution < 1.29 is 29.7 Å². The minimum atomic E-state index is -1.35. The van der Waals surface area contributed by atoms with Gasteiger partial charge in [0, 0.05) is 12.1 Å². The number of hydrogen-bond acceptors (Lipinski definition) is 5. The van der Waals surface area contributed by atoms with E-state index >= 15 is 0 Å². The molecule has 4 N–H and O–H groups in total. The van der Waals surface area contributed by atoms with E-state index in [2.05, 4.69) is 0 Å². The third-order valence-corrected chi connectivity index (χ3v) is 2.90. The number of rotatable bonds is 2. The van der Waals surface area contributed by atoms with E-state index in [-0.39, 0.29) is 0 Å². The third kappa shape index (κ3) is 2.31. The van der Waals surface area contributed by atoms with E-state index in [1.807, 2.05) is 0 Å². The number of pyridine rings is 1. The Kier molecular flexibility index (Phi) is 3.70. The zero-order valence-electron chi connectivity index (χ0n) is 9.12. The van der Waals surface area contributed by atoms with Crippen LogP contribution in [0.15, 0.2) is 30.6 Å². The second-order valence-corrected chi connectivity index (χ2v) is 4.04. The quantitative estimate of drug-likeness (QED) is 0.448. The fourth-order valence-electron chi connectivity index (χ4n) is 1.91. The summed E-state index contributed by atoms with van der Waals surface area (Å²) in [6, 6.07) is 5.31. The van der Waals surface area contributed by atoms with Gasteiger partial charge in [-0.25, -0.2) is 0 Å². The molecule has 6 heteroatoms. The molecule has 1 aliphatic heterocycles. The van der Waals surface area contributed by atoms with Gasteiger partial charge in [-0.3, -0.25) is 0 Å². The molecule has 94 valence electrons. The Balaban J connectivity index is 2.23. The minimum Gasteiger partial charge on any atom is -0.394 e. The molecule has 2 heterocycles. The lowest BCUT2D eigenvalue weighted by Gasteiger charge is -2.36. The first kappa shape index (κ1) is 12.4. The molecule has 0 unspecified atom stereocenters. The molecule has 0 spiro atoms. The van der Waals surface area contributed by atoms with Crippen LogP contribution in [-0.4, -0.2) is 51.4 Å². The van der Waals surface area contributed by atoms with Crippen LogP contribution >= 0.6 is 0 Å². The van der Waals surface area contributed by atoms with Crippen LogP contribution in [0.25, 0.3) is 0 Å². The molecular weight excluding hydrogens is 226 g/mol. The molecule has 0 aromatic carbocycles. The van der Waals surface area contributed by atoms with Gasteiger partial charge in [0.2, 0.25) is 0 Å². The van der Waals surface area contributed by atoms with Gasteiger partial charge in [-0.1, -0.05) is 6.07 Å². The number of nitrogens with zero attached hydrogens (tertiary/aromatic N) is 1. The highest BCUT2D eigenvalue weighted by molar-refractivity contribution is 4.89. The standard InChI is InChI=1S/C11H16NO5/c13-6-7-8(14)9(15)10(16)11(17-7)12-4-2-1-3-5-12/h1-5,7-11,13-16H,6H2/q+1/t7-,8-,9+,10-,11-/m1/s1. The average Bonchev–Trinajstić information content (AvgIpc) is 2.37. The zero-order valence-corrected chi connectivity index (χ0v) is 9.12. The van der Waals surface area contributed by atoms with Gasteiger partial charge in [0.25, 0.3) is 6.23 Å².